The van der Waals surface area contributed by atoms with Gasteiger partial charge in [0.15, 0.2) is 0 Å². The van der Waals surface area contributed by atoms with Crippen molar-refractivity contribution < 1.29 is 14.3 Å². The van der Waals surface area contributed by atoms with Gasteiger partial charge in [-0.05, 0) is 17.7 Å². The lowest BCUT2D eigenvalue weighted by Gasteiger charge is -2.10. The fourth-order valence-electron chi connectivity index (χ4n) is 2.22. The lowest BCUT2D eigenvalue weighted by molar-refractivity contribution is -0.137. The van der Waals surface area contributed by atoms with Crippen LogP contribution in [0.2, 0.25) is 0 Å². The number of aliphatic carboxylic acids is 1. The van der Waals surface area contributed by atoms with E-state index in [1.54, 1.807) is 24.5 Å². The van der Waals surface area contributed by atoms with Crippen LogP contribution in [0, 0.1) is 0 Å². The molecule has 0 amide bonds. The second-order valence-corrected chi connectivity index (χ2v) is 4.24. The molecule has 0 fully saturated rings. The zero-order valence-corrected chi connectivity index (χ0v) is 9.98. The molecule has 0 radical (unpaired) electrons. The summed E-state index contributed by atoms with van der Waals surface area (Å²) in [7, 11) is 0. The van der Waals surface area contributed by atoms with Crippen molar-refractivity contribution in [2.45, 2.75) is 5.92 Å². The molecular formula is C15H11NO3. The summed E-state index contributed by atoms with van der Waals surface area (Å²) in [4.78, 5) is 15.6. The monoisotopic (exact) mass is 253 g/mol. The highest BCUT2D eigenvalue weighted by atomic mass is 16.4. The molecule has 2 aromatic heterocycles. The van der Waals surface area contributed by atoms with Gasteiger partial charge in [0, 0.05) is 23.3 Å². The number of aromatic nitrogens is 1. The van der Waals surface area contributed by atoms with Gasteiger partial charge < -0.3 is 9.52 Å². The van der Waals surface area contributed by atoms with Crippen molar-refractivity contribution in [2.75, 3.05) is 0 Å². The van der Waals surface area contributed by atoms with Crippen molar-refractivity contribution in [3.63, 3.8) is 0 Å². The molecular weight excluding hydrogens is 242 g/mol. The average Bonchev–Trinajstić information content (AvgIpc) is 2.84. The first kappa shape index (κ1) is 11.5. The third-order valence-corrected chi connectivity index (χ3v) is 3.09. The summed E-state index contributed by atoms with van der Waals surface area (Å²) in [6.07, 6.45) is 4.70. The van der Waals surface area contributed by atoms with Gasteiger partial charge in [0.05, 0.1) is 6.26 Å². The molecule has 4 nitrogen and oxygen atoms in total. The molecule has 0 aliphatic rings. The summed E-state index contributed by atoms with van der Waals surface area (Å²) in [5, 5.41) is 10.3. The highest BCUT2D eigenvalue weighted by Gasteiger charge is 2.25. The molecule has 1 atom stereocenters. The van der Waals surface area contributed by atoms with Gasteiger partial charge in [0.25, 0.3) is 0 Å². The van der Waals surface area contributed by atoms with E-state index < -0.39 is 11.9 Å². The van der Waals surface area contributed by atoms with E-state index in [2.05, 4.69) is 4.98 Å². The van der Waals surface area contributed by atoms with Gasteiger partial charge in [-0.25, -0.2) is 0 Å². The average molecular weight is 253 g/mol. The Morgan fingerprint density at radius 2 is 2.05 bits per heavy atom. The third-order valence-electron chi connectivity index (χ3n) is 3.09. The number of benzene rings is 1. The molecule has 2 heterocycles. The molecule has 94 valence electrons. The van der Waals surface area contributed by atoms with Gasteiger partial charge in [-0.1, -0.05) is 24.3 Å². The lowest BCUT2D eigenvalue weighted by atomic mass is 9.92. The molecule has 0 aliphatic carbocycles. The largest absolute Gasteiger partial charge is 0.481 e. The number of carboxylic acids is 1. The van der Waals surface area contributed by atoms with E-state index in [-0.39, 0.29) is 0 Å². The zero-order chi connectivity index (χ0) is 13.2. The maximum Gasteiger partial charge on any atom is 0.315 e. The van der Waals surface area contributed by atoms with E-state index in [1.807, 2.05) is 24.3 Å². The molecule has 19 heavy (non-hydrogen) atoms. The number of hydrogen-bond acceptors (Lipinski definition) is 3. The van der Waals surface area contributed by atoms with Crippen molar-refractivity contribution in [1.29, 1.82) is 0 Å². The number of nitrogens with zero attached hydrogens (tertiary/aromatic N) is 1. The van der Waals surface area contributed by atoms with Crippen molar-refractivity contribution in [1.82, 2.24) is 4.98 Å². The highest BCUT2D eigenvalue weighted by Crippen LogP contribution is 2.32. The van der Waals surface area contributed by atoms with Crippen LogP contribution in [0.4, 0.5) is 0 Å². The fraction of sp³-hybridized carbons (Fsp3) is 0.0667. The van der Waals surface area contributed by atoms with Crippen LogP contribution in [0.3, 0.4) is 0 Å². The normalized spacial score (nSPS) is 12.4. The van der Waals surface area contributed by atoms with Crippen molar-refractivity contribution in [3.05, 3.63) is 66.2 Å². The number of carbonyl (C=O) groups is 1. The maximum absolute atomic E-state index is 11.6. The standard InChI is InChI=1S/C15H11NO3/c17-15(18)14(10-4-3-7-16-8-10)12-9-19-13-6-2-1-5-11(12)13/h1-9,14H,(H,17,18). The van der Waals surface area contributed by atoms with Gasteiger partial charge >= 0.3 is 5.97 Å². The molecule has 3 rings (SSSR count). The first-order valence-electron chi connectivity index (χ1n) is 5.86. The lowest BCUT2D eigenvalue weighted by Crippen LogP contribution is -2.12. The van der Waals surface area contributed by atoms with Crippen LogP contribution in [0.25, 0.3) is 11.0 Å². The second kappa shape index (κ2) is 4.57. The Hall–Kier alpha value is -2.62. The number of fused-ring (bicyclic) bond motifs is 1. The molecule has 0 saturated carbocycles. The van der Waals surface area contributed by atoms with E-state index >= 15 is 0 Å². The van der Waals surface area contributed by atoms with E-state index in [0.29, 0.717) is 16.7 Å². The van der Waals surface area contributed by atoms with Crippen LogP contribution in [-0.2, 0) is 4.79 Å². The first-order chi connectivity index (χ1) is 9.27. The molecule has 0 aliphatic heterocycles. The first-order valence-corrected chi connectivity index (χ1v) is 5.86. The molecule has 4 heteroatoms. The summed E-state index contributed by atoms with van der Waals surface area (Å²) in [5.74, 6) is -1.68. The van der Waals surface area contributed by atoms with Gasteiger partial charge in [-0.2, -0.15) is 0 Å². The molecule has 3 aromatic rings. The number of hydrogen-bond donors (Lipinski definition) is 1. The summed E-state index contributed by atoms with van der Waals surface area (Å²) < 4.78 is 5.42. The molecule has 0 spiro atoms. The zero-order valence-electron chi connectivity index (χ0n) is 9.98. The number of furan rings is 1. The molecule has 1 N–H and O–H groups in total. The predicted molar refractivity (Wildman–Crippen MR) is 69.9 cm³/mol. The second-order valence-electron chi connectivity index (χ2n) is 4.24. The Kier molecular flexibility index (Phi) is 2.76. The van der Waals surface area contributed by atoms with Gasteiger partial charge in [0.1, 0.15) is 11.5 Å². The summed E-state index contributed by atoms with van der Waals surface area (Å²) >= 11 is 0. The Labute approximate surface area is 109 Å². The van der Waals surface area contributed by atoms with E-state index in [4.69, 9.17) is 4.42 Å². The van der Waals surface area contributed by atoms with E-state index in [9.17, 15) is 9.90 Å². The van der Waals surface area contributed by atoms with Crippen molar-refractivity contribution >= 4 is 16.9 Å². The van der Waals surface area contributed by atoms with Crippen LogP contribution >= 0.6 is 0 Å². The van der Waals surface area contributed by atoms with Gasteiger partial charge in [-0.15, -0.1) is 0 Å². The number of rotatable bonds is 3. The molecule has 1 aromatic carbocycles. The minimum absolute atomic E-state index is 0.640. The number of pyridine rings is 1. The van der Waals surface area contributed by atoms with E-state index in [0.717, 1.165) is 5.39 Å². The van der Waals surface area contributed by atoms with E-state index in [1.165, 1.54) is 6.26 Å². The fourth-order valence-corrected chi connectivity index (χ4v) is 2.22. The van der Waals surface area contributed by atoms with Gasteiger partial charge in [-0.3, -0.25) is 9.78 Å². The van der Waals surface area contributed by atoms with Gasteiger partial charge in [0.2, 0.25) is 0 Å². The minimum atomic E-state index is -0.917. The summed E-state index contributed by atoms with van der Waals surface area (Å²) in [5.41, 5.74) is 1.98. The van der Waals surface area contributed by atoms with Crippen molar-refractivity contribution in [2.24, 2.45) is 0 Å². The van der Waals surface area contributed by atoms with Crippen LogP contribution in [-0.4, -0.2) is 16.1 Å². The maximum atomic E-state index is 11.6. The minimum Gasteiger partial charge on any atom is -0.481 e. The highest BCUT2D eigenvalue weighted by molar-refractivity contribution is 5.90. The third kappa shape index (κ3) is 1.97. The molecule has 0 saturated heterocycles. The quantitative estimate of drug-likeness (QED) is 0.779. The summed E-state index contributed by atoms with van der Waals surface area (Å²) in [6, 6.07) is 10.9. The summed E-state index contributed by atoms with van der Waals surface area (Å²) in [6.45, 7) is 0. The number of carboxylic acid groups (broad SMARTS) is 1. The Morgan fingerprint density at radius 1 is 1.21 bits per heavy atom. The smallest absolute Gasteiger partial charge is 0.315 e. The molecule has 1 unspecified atom stereocenters. The Morgan fingerprint density at radius 3 is 2.79 bits per heavy atom. The topological polar surface area (TPSA) is 63.3 Å². The Balaban J connectivity index is 2.18. The van der Waals surface area contributed by atoms with Crippen LogP contribution in [0.15, 0.2) is 59.5 Å². The Bertz CT molecular complexity index is 718. The van der Waals surface area contributed by atoms with Crippen LogP contribution in [0.1, 0.15) is 17.0 Å². The van der Waals surface area contributed by atoms with Crippen LogP contribution in [0.5, 0.6) is 0 Å². The number of para-hydroxylation sites is 1. The SMILES string of the molecule is O=C(O)C(c1cccnc1)c1coc2ccccc12. The predicted octanol–water partition coefficient (Wildman–Crippen LogP) is 3.04. The van der Waals surface area contributed by atoms with Crippen molar-refractivity contribution in [3.8, 4) is 0 Å². The van der Waals surface area contributed by atoms with Crippen LogP contribution < -0.4 is 0 Å². The molecule has 0 bridgehead atoms.